The number of carbonyl (C=O) groups excluding carboxylic acids is 1. The molecule has 6 heteroatoms. The molecule has 0 radical (unpaired) electrons. The van der Waals surface area contributed by atoms with E-state index in [1.807, 2.05) is 37.3 Å². The van der Waals surface area contributed by atoms with Gasteiger partial charge in [-0.15, -0.1) is 0 Å². The Bertz CT molecular complexity index is 977. The van der Waals surface area contributed by atoms with Crippen molar-refractivity contribution in [1.29, 1.82) is 0 Å². The Morgan fingerprint density at radius 3 is 2.50 bits per heavy atom. The van der Waals surface area contributed by atoms with Crippen LogP contribution in [0.15, 0.2) is 59.0 Å². The molecule has 2 heterocycles. The number of nitrogens with zero attached hydrogens (tertiary/aromatic N) is 1. The highest BCUT2D eigenvalue weighted by Gasteiger charge is 2.20. The van der Waals surface area contributed by atoms with E-state index in [0.29, 0.717) is 30.2 Å². The zero-order valence-electron chi connectivity index (χ0n) is 15.8. The Kier molecular flexibility index (Phi) is 4.93. The van der Waals surface area contributed by atoms with Crippen LogP contribution in [0, 0.1) is 6.92 Å². The molecule has 0 unspecified atom stereocenters. The smallest absolute Gasteiger partial charge is 0.254 e. The van der Waals surface area contributed by atoms with Gasteiger partial charge in [0.15, 0.2) is 11.5 Å². The first kappa shape index (κ1) is 18.0. The molecule has 0 bridgehead atoms. The molecule has 28 heavy (non-hydrogen) atoms. The normalized spacial score (nSPS) is 12.1. The molecule has 0 saturated heterocycles. The van der Waals surface area contributed by atoms with Gasteiger partial charge in [0.1, 0.15) is 17.3 Å². The number of carbonyl (C=O) groups is 1. The van der Waals surface area contributed by atoms with Crippen molar-refractivity contribution >= 4 is 5.91 Å². The van der Waals surface area contributed by atoms with Crippen molar-refractivity contribution in [3.05, 3.63) is 77.2 Å². The van der Waals surface area contributed by atoms with E-state index in [4.69, 9.17) is 18.6 Å². The predicted octanol–water partition coefficient (Wildman–Crippen LogP) is 4.17. The fourth-order valence-electron chi connectivity index (χ4n) is 3.13. The van der Waals surface area contributed by atoms with Gasteiger partial charge in [-0.2, -0.15) is 0 Å². The zero-order valence-corrected chi connectivity index (χ0v) is 15.8. The highest BCUT2D eigenvalue weighted by molar-refractivity contribution is 5.94. The van der Waals surface area contributed by atoms with Crippen LogP contribution in [0.1, 0.15) is 27.4 Å². The maximum atomic E-state index is 13.2. The lowest BCUT2D eigenvalue weighted by atomic mass is 10.1. The zero-order chi connectivity index (χ0) is 19.5. The number of hydrogen-bond acceptors (Lipinski definition) is 5. The van der Waals surface area contributed by atoms with Crippen molar-refractivity contribution in [2.24, 2.45) is 0 Å². The van der Waals surface area contributed by atoms with Gasteiger partial charge < -0.3 is 23.5 Å². The molecule has 0 saturated carbocycles. The number of benzene rings is 2. The van der Waals surface area contributed by atoms with Gasteiger partial charge in [-0.1, -0.05) is 6.07 Å². The summed E-state index contributed by atoms with van der Waals surface area (Å²) in [5.41, 5.74) is 1.54. The Morgan fingerprint density at radius 2 is 1.79 bits per heavy atom. The summed E-state index contributed by atoms with van der Waals surface area (Å²) in [6, 6.07) is 16.6. The number of ether oxygens (including phenoxy) is 3. The van der Waals surface area contributed by atoms with Crippen LogP contribution in [0.4, 0.5) is 0 Å². The van der Waals surface area contributed by atoms with Gasteiger partial charge in [0.25, 0.3) is 5.91 Å². The van der Waals surface area contributed by atoms with Crippen LogP contribution in [-0.4, -0.2) is 24.7 Å². The second-order valence-electron chi connectivity index (χ2n) is 6.59. The van der Waals surface area contributed by atoms with E-state index in [-0.39, 0.29) is 12.7 Å². The molecule has 1 aliphatic heterocycles. The molecule has 2 aromatic carbocycles. The number of furan rings is 1. The maximum Gasteiger partial charge on any atom is 0.254 e. The van der Waals surface area contributed by atoms with Gasteiger partial charge in [-0.05, 0) is 61.0 Å². The number of fused-ring (bicyclic) bond motifs is 1. The molecular weight excluding hydrogens is 358 g/mol. The minimum absolute atomic E-state index is 0.0885. The average molecular weight is 379 g/mol. The second-order valence-corrected chi connectivity index (χ2v) is 6.59. The van der Waals surface area contributed by atoms with Crippen LogP contribution >= 0.6 is 0 Å². The lowest BCUT2D eigenvalue weighted by molar-refractivity contribution is 0.0717. The van der Waals surface area contributed by atoms with Crippen LogP contribution < -0.4 is 14.2 Å². The van der Waals surface area contributed by atoms with Crippen molar-refractivity contribution in [1.82, 2.24) is 4.90 Å². The summed E-state index contributed by atoms with van der Waals surface area (Å²) in [5, 5.41) is 0. The quantitative estimate of drug-likeness (QED) is 0.643. The van der Waals surface area contributed by atoms with Gasteiger partial charge in [-0.25, -0.2) is 0 Å². The lowest BCUT2D eigenvalue weighted by Crippen LogP contribution is -2.30. The van der Waals surface area contributed by atoms with Crippen LogP contribution in [0.3, 0.4) is 0 Å². The van der Waals surface area contributed by atoms with Gasteiger partial charge in [0.2, 0.25) is 6.79 Å². The van der Waals surface area contributed by atoms with E-state index >= 15 is 0 Å². The molecule has 4 rings (SSSR count). The number of rotatable bonds is 6. The Balaban J connectivity index is 1.59. The summed E-state index contributed by atoms with van der Waals surface area (Å²) in [7, 11) is 1.60. The van der Waals surface area contributed by atoms with E-state index in [1.54, 1.807) is 36.3 Å². The van der Waals surface area contributed by atoms with Crippen LogP contribution in [-0.2, 0) is 13.1 Å². The lowest BCUT2D eigenvalue weighted by Gasteiger charge is -2.22. The first-order valence-corrected chi connectivity index (χ1v) is 8.99. The largest absolute Gasteiger partial charge is 0.497 e. The van der Waals surface area contributed by atoms with Gasteiger partial charge in [0, 0.05) is 12.1 Å². The summed E-state index contributed by atoms with van der Waals surface area (Å²) in [5.74, 6) is 3.59. The third-order valence-corrected chi connectivity index (χ3v) is 4.58. The first-order chi connectivity index (χ1) is 13.6. The monoisotopic (exact) mass is 379 g/mol. The number of amides is 1. The third-order valence-electron chi connectivity index (χ3n) is 4.58. The molecule has 0 N–H and O–H groups in total. The second kappa shape index (κ2) is 7.68. The molecule has 0 fully saturated rings. The molecule has 0 spiro atoms. The summed E-state index contributed by atoms with van der Waals surface area (Å²) in [6.07, 6.45) is 0. The summed E-state index contributed by atoms with van der Waals surface area (Å²) in [4.78, 5) is 14.9. The van der Waals surface area contributed by atoms with Crippen molar-refractivity contribution in [3.63, 3.8) is 0 Å². The number of aryl methyl sites for hydroxylation is 1. The van der Waals surface area contributed by atoms with E-state index < -0.39 is 0 Å². The van der Waals surface area contributed by atoms with Crippen LogP contribution in [0.5, 0.6) is 17.2 Å². The molecular formula is C22H21NO5. The predicted molar refractivity (Wildman–Crippen MR) is 103 cm³/mol. The molecule has 0 aliphatic carbocycles. The highest BCUT2D eigenvalue weighted by Crippen LogP contribution is 2.33. The minimum atomic E-state index is -0.0885. The molecule has 0 atom stereocenters. The van der Waals surface area contributed by atoms with Gasteiger partial charge in [0.05, 0.1) is 13.7 Å². The topological polar surface area (TPSA) is 61.1 Å². The molecule has 6 nitrogen and oxygen atoms in total. The minimum Gasteiger partial charge on any atom is -0.497 e. The Morgan fingerprint density at radius 1 is 1.00 bits per heavy atom. The van der Waals surface area contributed by atoms with E-state index in [1.165, 1.54) is 0 Å². The number of hydrogen-bond donors (Lipinski definition) is 0. The fraction of sp³-hybridized carbons (Fsp3) is 0.227. The summed E-state index contributed by atoms with van der Waals surface area (Å²) >= 11 is 0. The molecule has 144 valence electrons. The molecule has 3 aromatic rings. The van der Waals surface area contributed by atoms with Crippen LogP contribution in [0.25, 0.3) is 0 Å². The van der Waals surface area contributed by atoms with E-state index in [0.717, 1.165) is 22.8 Å². The molecule has 1 aliphatic rings. The van der Waals surface area contributed by atoms with Gasteiger partial charge >= 0.3 is 0 Å². The third kappa shape index (κ3) is 3.81. The molecule has 1 aromatic heterocycles. The van der Waals surface area contributed by atoms with Crippen molar-refractivity contribution < 1.29 is 23.4 Å². The maximum absolute atomic E-state index is 13.2. The van der Waals surface area contributed by atoms with E-state index in [2.05, 4.69) is 0 Å². The van der Waals surface area contributed by atoms with Crippen molar-refractivity contribution in [2.45, 2.75) is 20.0 Å². The highest BCUT2D eigenvalue weighted by atomic mass is 16.7. The first-order valence-electron chi connectivity index (χ1n) is 8.99. The van der Waals surface area contributed by atoms with Crippen LogP contribution in [0.2, 0.25) is 0 Å². The summed E-state index contributed by atoms with van der Waals surface area (Å²) < 4.78 is 21.7. The SMILES string of the molecule is COc1ccc(C(=O)N(Cc2ccc3c(c2)OCO3)Cc2ccc(C)o2)cc1. The van der Waals surface area contributed by atoms with Crippen molar-refractivity contribution in [2.75, 3.05) is 13.9 Å². The summed E-state index contributed by atoms with van der Waals surface area (Å²) in [6.45, 7) is 2.89. The van der Waals surface area contributed by atoms with Gasteiger partial charge in [-0.3, -0.25) is 4.79 Å². The Labute approximate surface area is 163 Å². The molecule has 1 amide bonds. The van der Waals surface area contributed by atoms with E-state index in [9.17, 15) is 4.79 Å². The number of methoxy groups -OCH3 is 1. The fourth-order valence-corrected chi connectivity index (χ4v) is 3.13. The Hall–Kier alpha value is -3.41. The van der Waals surface area contributed by atoms with Crippen molar-refractivity contribution in [3.8, 4) is 17.2 Å². The average Bonchev–Trinajstić information content (AvgIpc) is 3.35. The standard InChI is InChI=1S/C22H21NO5/c1-15-3-7-19(28-15)13-23(22(24)17-5-8-18(25-2)9-6-17)12-16-4-10-20-21(11-16)27-14-26-20/h3-11H,12-14H2,1-2H3.